The number of alkyl halides is 3. The third-order valence-corrected chi connectivity index (χ3v) is 6.78. The first-order chi connectivity index (χ1) is 17.4. The predicted octanol–water partition coefficient (Wildman–Crippen LogP) is 3.97. The van der Waals surface area contributed by atoms with E-state index in [4.69, 9.17) is 0 Å². The van der Waals surface area contributed by atoms with Crippen LogP contribution in [0.1, 0.15) is 58.4 Å². The molecule has 2 aliphatic heterocycles. The average molecular weight is 523 g/mol. The fraction of sp³-hybridized carbons (Fsp3) is 0.538. The summed E-state index contributed by atoms with van der Waals surface area (Å²) in [5, 5.41) is 2.13. The summed E-state index contributed by atoms with van der Waals surface area (Å²) in [6, 6.07) is 2.99. The summed E-state index contributed by atoms with van der Waals surface area (Å²) < 4.78 is 40.7. The summed E-state index contributed by atoms with van der Waals surface area (Å²) in [4.78, 5) is 53.5. The van der Waals surface area contributed by atoms with E-state index in [1.165, 1.54) is 13.0 Å². The van der Waals surface area contributed by atoms with Gasteiger partial charge in [0.2, 0.25) is 11.8 Å². The SMILES string of the molecule is CC(=O)Nc1ccc(N2C(=O)C(C)=C(CCCCCCN3CCN(C(C)=O)CC3)C2=O)cc1C(F)(F)F. The van der Waals surface area contributed by atoms with Crippen molar-refractivity contribution in [1.29, 1.82) is 0 Å². The number of nitrogens with zero attached hydrogens (tertiary/aromatic N) is 3. The van der Waals surface area contributed by atoms with Gasteiger partial charge >= 0.3 is 6.18 Å². The van der Waals surface area contributed by atoms with Gasteiger partial charge in [-0.2, -0.15) is 13.2 Å². The number of amides is 4. The molecule has 37 heavy (non-hydrogen) atoms. The van der Waals surface area contributed by atoms with Gasteiger partial charge in [-0.05, 0) is 50.9 Å². The minimum absolute atomic E-state index is 0.102. The Morgan fingerprint density at radius 3 is 2.19 bits per heavy atom. The van der Waals surface area contributed by atoms with Gasteiger partial charge in [-0.15, -0.1) is 0 Å². The van der Waals surface area contributed by atoms with Crippen molar-refractivity contribution >= 4 is 35.0 Å². The van der Waals surface area contributed by atoms with Gasteiger partial charge in [0, 0.05) is 51.2 Å². The summed E-state index contributed by atoms with van der Waals surface area (Å²) in [5.74, 6) is -1.80. The number of anilines is 2. The van der Waals surface area contributed by atoms with Crippen molar-refractivity contribution in [3.05, 3.63) is 34.9 Å². The van der Waals surface area contributed by atoms with E-state index in [1.54, 1.807) is 6.92 Å². The van der Waals surface area contributed by atoms with Crippen LogP contribution in [0.25, 0.3) is 0 Å². The van der Waals surface area contributed by atoms with Gasteiger partial charge in [0.15, 0.2) is 0 Å². The van der Waals surface area contributed by atoms with Crippen LogP contribution in [-0.2, 0) is 25.4 Å². The lowest BCUT2D eigenvalue weighted by atomic mass is 10.0. The number of hydrogen-bond donors (Lipinski definition) is 1. The number of benzene rings is 1. The van der Waals surface area contributed by atoms with Gasteiger partial charge in [0.25, 0.3) is 11.8 Å². The second-order valence-corrected chi connectivity index (χ2v) is 9.47. The van der Waals surface area contributed by atoms with Gasteiger partial charge in [-0.1, -0.05) is 12.8 Å². The Hall–Kier alpha value is -3.21. The first-order valence-corrected chi connectivity index (χ1v) is 12.5. The number of nitrogens with one attached hydrogen (secondary N) is 1. The monoisotopic (exact) mass is 522 g/mol. The quantitative estimate of drug-likeness (QED) is 0.392. The fourth-order valence-electron chi connectivity index (χ4n) is 4.69. The highest BCUT2D eigenvalue weighted by atomic mass is 19.4. The van der Waals surface area contributed by atoms with E-state index in [-0.39, 0.29) is 17.2 Å². The van der Waals surface area contributed by atoms with Gasteiger partial charge in [-0.25, -0.2) is 4.90 Å². The molecule has 0 saturated carbocycles. The second-order valence-electron chi connectivity index (χ2n) is 9.47. The van der Waals surface area contributed by atoms with Crippen LogP contribution < -0.4 is 10.2 Å². The Kier molecular flexibility index (Phi) is 9.12. The molecule has 2 aliphatic rings. The van der Waals surface area contributed by atoms with E-state index in [1.807, 2.05) is 4.90 Å². The summed E-state index contributed by atoms with van der Waals surface area (Å²) in [5.41, 5.74) is -1.18. The molecular weight excluding hydrogens is 489 g/mol. The largest absolute Gasteiger partial charge is 0.418 e. The van der Waals surface area contributed by atoms with Crippen LogP contribution in [0.2, 0.25) is 0 Å². The van der Waals surface area contributed by atoms with E-state index >= 15 is 0 Å². The Labute approximate surface area is 214 Å². The molecule has 1 N–H and O–H groups in total. The standard InChI is InChI=1S/C26H33F3N4O4/c1-17-21(8-6-4-5-7-11-31-12-14-32(15-13-31)19(3)35)25(37)33(24(17)36)20-9-10-23(30-18(2)34)22(16-20)26(27,28)29/h9-10,16H,4-8,11-15H2,1-3H3,(H,30,34). The molecule has 1 aromatic rings. The van der Waals surface area contributed by atoms with Crippen LogP contribution in [0.3, 0.4) is 0 Å². The van der Waals surface area contributed by atoms with Gasteiger partial charge in [0.1, 0.15) is 0 Å². The number of imide groups is 1. The molecule has 3 rings (SSSR count). The maximum absolute atomic E-state index is 13.6. The zero-order chi connectivity index (χ0) is 27.3. The maximum Gasteiger partial charge on any atom is 0.418 e. The molecular formula is C26H33F3N4O4. The molecule has 11 heteroatoms. The highest BCUT2D eigenvalue weighted by molar-refractivity contribution is 6.32. The van der Waals surface area contributed by atoms with Crippen LogP contribution in [0.4, 0.5) is 24.5 Å². The van der Waals surface area contributed by atoms with E-state index in [0.717, 1.165) is 69.9 Å². The van der Waals surface area contributed by atoms with Crippen molar-refractivity contribution < 1.29 is 32.3 Å². The van der Waals surface area contributed by atoms with Gasteiger partial charge in [0.05, 0.1) is 16.9 Å². The topological polar surface area (TPSA) is 90.0 Å². The Morgan fingerprint density at radius 1 is 0.946 bits per heavy atom. The molecule has 1 aromatic carbocycles. The molecule has 0 aliphatic carbocycles. The molecule has 0 unspecified atom stereocenters. The van der Waals surface area contributed by atoms with E-state index < -0.39 is 35.1 Å². The molecule has 0 aromatic heterocycles. The summed E-state index contributed by atoms with van der Waals surface area (Å²) >= 11 is 0. The maximum atomic E-state index is 13.6. The minimum Gasteiger partial charge on any atom is -0.340 e. The average Bonchev–Trinajstić information content (AvgIpc) is 3.03. The zero-order valence-corrected chi connectivity index (χ0v) is 21.4. The van der Waals surface area contributed by atoms with Crippen molar-refractivity contribution in [2.45, 2.75) is 59.1 Å². The summed E-state index contributed by atoms with van der Waals surface area (Å²) in [7, 11) is 0. The highest BCUT2D eigenvalue weighted by Gasteiger charge is 2.39. The highest BCUT2D eigenvalue weighted by Crippen LogP contribution is 2.39. The first-order valence-electron chi connectivity index (χ1n) is 12.5. The number of carbonyl (C=O) groups is 4. The number of rotatable bonds is 9. The third-order valence-electron chi connectivity index (χ3n) is 6.78. The smallest absolute Gasteiger partial charge is 0.340 e. The fourth-order valence-corrected chi connectivity index (χ4v) is 4.69. The number of piperazine rings is 1. The van der Waals surface area contributed by atoms with Gasteiger partial charge in [-0.3, -0.25) is 24.1 Å². The molecule has 2 heterocycles. The van der Waals surface area contributed by atoms with Crippen LogP contribution >= 0.6 is 0 Å². The molecule has 8 nitrogen and oxygen atoms in total. The molecule has 0 radical (unpaired) electrons. The van der Waals surface area contributed by atoms with Crippen molar-refractivity contribution in [1.82, 2.24) is 9.80 Å². The van der Waals surface area contributed by atoms with Crippen LogP contribution in [0, 0.1) is 0 Å². The lowest BCUT2D eigenvalue weighted by Gasteiger charge is -2.34. The minimum atomic E-state index is -4.79. The zero-order valence-electron chi connectivity index (χ0n) is 21.4. The van der Waals surface area contributed by atoms with Gasteiger partial charge < -0.3 is 10.2 Å². The van der Waals surface area contributed by atoms with Crippen molar-refractivity contribution in [3.8, 4) is 0 Å². The summed E-state index contributed by atoms with van der Waals surface area (Å²) in [6.45, 7) is 8.35. The molecule has 0 atom stereocenters. The normalized spacial score (nSPS) is 17.1. The van der Waals surface area contributed by atoms with E-state index in [2.05, 4.69) is 10.2 Å². The van der Waals surface area contributed by atoms with E-state index in [0.29, 0.717) is 24.5 Å². The Balaban J connectivity index is 1.53. The van der Waals surface area contributed by atoms with Crippen LogP contribution in [0.15, 0.2) is 29.3 Å². The lowest BCUT2D eigenvalue weighted by molar-refractivity contribution is -0.137. The first kappa shape index (κ1) is 28.4. The number of carbonyl (C=O) groups excluding carboxylic acids is 4. The molecule has 0 spiro atoms. The Bertz CT molecular complexity index is 1090. The predicted molar refractivity (Wildman–Crippen MR) is 133 cm³/mol. The summed E-state index contributed by atoms with van der Waals surface area (Å²) in [6.07, 6.45) is -0.933. The molecule has 202 valence electrons. The second kappa shape index (κ2) is 11.9. The number of halogens is 3. The molecule has 1 saturated heterocycles. The van der Waals surface area contributed by atoms with Crippen LogP contribution in [0.5, 0.6) is 0 Å². The Morgan fingerprint density at radius 2 is 1.59 bits per heavy atom. The number of hydrogen-bond acceptors (Lipinski definition) is 5. The molecule has 1 fully saturated rings. The van der Waals surface area contributed by atoms with Crippen molar-refractivity contribution in [3.63, 3.8) is 0 Å². The van der Waals surface area contributed by atoms with E-state index in [9.17, 15) is 32.3 Å². The third kappa shape index (κ3) is 6.97. The molecule has 4 amide bonds. The molecule has 0 bridgehead atoms. The lowest BCUT2D eigenvalue weighted by Crippen LogP contribution is -2.48. The van der Waals surface area contributed by atoms with Crippen molar-refractivity contribution in [2.24, 2.45) is 0 Å². The number of unbranched alkanes of at least 4 members (excludes halogenated alkanes) is 3. The van der Waals surface area contributed by atoms with Crippen molar-refractivity contribution in [2.75, 3.05) is 42.9 Å². The van der Waals surface area contributed by atoms with Crippen LogP contribution in [-0.4, -0.2) is 66.2 Å².